The van der Waals surface area contributed by atoms with Crippen LogP contribution in [0.2, 0.25) is 0 Å². The zero-order chi connectivity index (χ0) is 24.7. The minimum absolute atomic E-state index is 0.0191. The van der Waals surface area contributed by atoms with Gasteiger partial charge in [-0.1, -0.05) is 30.3 Å². The number of fused-ring (bicyclic) bond motifs is 1. The van der Waals surface area contributed by atoms with E-state index in [0.29, 0.717) is 48.2 Å². The summed E-state index contributed by atoms with van der Waals surface area (Å²) in [5.74, 6) is 0.544. The SMILES string of the molecule is COc1cc(S(=O)(=O)N2CCC(N)CC2)ccc1-c1nc2c(c(-c3ccccc3)nn2C)c(=O)[nH]1. The third-order valence-corrected chi connectivity index (χ3v) is 8.20. The zero-order valence-corrected chi connectivity index (χ0v) is 20.2. The van der Waals surface area contributed by atoms with Crippen LogP contribution in [0.4, 0.5) is 0 Å². The number of ether oxygens (including phenoxy) is 1. The number of benzene rings is 2. The van der Waals surface area contributed by atoms with Gasteiger partial charge in [-0.25, -0.2) is 18.1 Å². The van der Waals surface area contributed by atoms with E-state index in [-0.39, 0.29) is 28.1 Å². The first-order valence-electron chi connectivity index (χ1n) is 11.3. The van der Waals surface area contributed by atoms with E-state index >= 15 is 0 Å². The highest BCUT2D eigenvalue weighted by Crippen LogP contribution is 2.33. The molecule has 0 spiro atoms. The number of methoxy groups -OCH3 is 1. The first-order valence-corrected chi connectivity index (χ1v) is 12.7. The molecule has 1 fully saturated rings. The van der Waals surface area contributed by atoms with Gasteiger partial charge in [-0.2, -0.15) is 9.40 Å². The molecule has 182 valence electrons. The molecule has 0 atom stereocenters. The van der Waals surface area contributed by atoms with Gasteiger partial charge in [0.05, 0.1) is 17.6 Å². The van der Waals surface area contributed by atoms with Crippen LogP contribution < -0.4 is 16.0 Å². The number of H-pyrrole nitrogens is 1. The number of nitrogens with zero attached hydrogens (tertiary/aromatic N) is 4. The van der Waals surface area contributed by atoms with Crippen LogP contribution in [0.15, 0.2) is 58.2 Å². The second-order valence-corrected chi connectivity index (χ2v) is 10.5. The summed E-state index contributed by atoms with van der Waals surface area (Å²) in [7, 11) is -0.530. The maximum Gasteiger partial charge on any atom is 0.262 e. The lowest BCUT2D eigenvalue weighted by molar-refractivity contribution is 0.320. The van der Waals surface area contributed by atoms with Crippen molar-refractivity contribution < 1.29 is 13.2 Å². The molecule has 10 nitrogen and oxygen atoms in total. The minimum atomic E-state index is -3.70. The molecule has 0 radical (unpaired) electrons. The third kappa shape index (κ3) is 4.11. The van der Waals surface area contributed by atoms with Gasteiger partial charge in [0.15, 0.2) is 5.65 Å². The van der Waals surface area contributed by atoms with Gasteiger partial charge in [-0.3, -0.25) is 4.79 Å². The van der Waals surface area contributed by atoms with Gasteiger partial charge in [-0.05, 0) is 25.0 Å². The fourth-order valence-corrected chi connectivity index (χ4v) is 5.86. The second-order valence-electron chi connectivity index (χ2n) is 8.55. The summed E-state index contributed by atoms with van der Waals surface area (Å²) in [5, 5.41) is 4.89. The average molecular weight is 495 g/mol. The van der Waals surface area contributed by atoms with E-state index < -0.39 is 10.0 Å². The Morgan fingerprint density at radius 2 is 1.83 bits per heavy atom. The summed E-state index contributed by atoms with van der Waals surface area (Å²) in [6.45, 7) is 0.757. The number of aromatic amines is 1. The van der Waals surface area contributed by atoms with Crippen LogP contribution >= 0.6 is 0 Å². The number of rotatable bonds is 5. The molecule has 0 aliphatic carbocycles. The van der Waals surface area contributed by atoms with Crippen LogP contribution in [-0.2, 0) is 17.1 Å². The highest BCUT2D eigenvalue weighted by Gasteiger charge is 2.29. The highest BCUT2D eigenvalue weighted by atomic mass is 32.2. The topological polar surface area (TPSA) is 136 Å². The zero-order valence-electron chi connectivity index (χ0n) is 19.4. The summed E-state index contributed by atoms with van der Waals surface area (Å²) >= 11 is 0. The van der Waals surface area contributed by atoms with Crippen LogP contribution in [0.1, 0.15) is 12.8 Å². The molecular formula is C24H26N6O4S. The lowest BCUT2D eigenvalue weighted by Crippen LogP contribution is -2.42. The fourth-order valence-electron chi connectivity index (χ4n) is 4.37. The molecule has 0 unspecified atom stereocenters. The molecule has 35 heavy (non-hydrogen) atoms. The van der Waals surface area contributed by atoms with Crippen molar-refractivity contribution in [1.82, 2.24) is 24.1 Å². The largest absolute Gasteiger partial charge is 0.496 e. The van der Waals surface area contributed by atoms with E-state index in [4.69, 9.17) is 10.5 Å². The van der Waals surface area contributed by atoms with Crippen molar-refractivity contribution in [2.75, 3.05) is 20.2 Å². The molecule has 11 heteroatoms. The van der Waals surface area contributed by atoms with Gasteiger partial charge in [0, 0.05) is 37.8 Å². The highest BCUT2D eigenvalue weighted by molar-refractivity contribution is 7.89. The van der Waals surface area contributed by atoms with Gasteiger partial charge < -0.3 is 15.5 Å². The van der Waals surface area contributed by atoms with Crippen molar-refractivity contribution in [2.24, 2.45) is 12.8 Å². The quantitative estimate of drug-likeness (QED) is 0.434. The smallest absolute Gasteiger partial charge is 0.262 e. The lowest BCUT2D eigenvalue weighted by atomic mass is 10.1. The van der Waals surface area contributed by atoms with Crippen molar-refractivity contribution >= 4 is 21.1 Å². The van der Waals surface area contributed by atoms with Crippen molar-refractivity contribution in [1.29, 1.82) is 0 Å². The molecule has 3 heterocycles. The fraction of sp³-hybridized carbons (Fsp3) is 0.292. The summed E-state index contributed by atoms with van der Waals surface area (Å²) < 4.78 is 34.8. The number of sulfonamides is 1. The van der Waals surface area contributed by atoms with Gasteiger partial charge >= 0.3 is 0 Å². The first-order chi connectivity index (χ1) is 16.8. The standard InChI is InChI=1S/C24H26N6O4S/c1-29-23-20(21(28-29)15-6-4-3-5-7-15)24(31)27-22(26-23)18-9-8-17(14-19(18)34-2)35(32,33)30-12-10-16(25)11-13-30/h3-9,14,16H,10-13,25H2,1-2H3,(H,26,27,31). The monoisotopic (exact) mass is 494 g/mol. The van der Waals surface area contributed by atoms with Crippen LogP contribution in [0.3, 0.4) is 0 Å². The van der Waals surface area contributed by atoms with Crippen molar-refractivity contribution in [3.63, 3.8) is 0 Å². The molecule has 1 aliphatic rings. The molecule has 5 rings (SSSR count). The molecule has 4 aromatic rings. The van der Waals surface area contributed by atoms with E-state index in [9.17, 15) is 13.2 Å². The van der Waals surface area contributed by atoms with Gasteiger partial charge in [0.2, 0.25) is 10.0 Å². The molecule has 1 saturated heterocycles. The molecular weight excluding hydrogens is 468 g/mol. The normalized spacial score (nSPS) is 15.5. The summed E-state index contributed by atoms with van der Waals surface area (Å²) in [5.41, 5.74) is 7.80. The second kappa shape index (κ2) is 8.91. The van der Waals surface area contributed by atoms with Gasteiger partial charge in [-0.15, -0.1) is 0 Å². The van der Waals surface area contributed by atoms with Crippen LogP contribution in [0.25, 0.3) is 33.7 Å². The molecule has 3 N–H and O–H groups in total. The molecule has 0 amide bonds. The Labute approximate surface area is 202 Å². The van der Waals surface area contributed by atoms with E-state index in [1.807, 2.05) is 30.3 Å². The Bertz CT molecular complexity index is 1550. The Hall–Kier alpha value is -3.54. The van der Waals surface area contributed by atoms with Gasteiger partial charge in [0.1, 0.15) is 22.7 Å². The first kappa shape index (κ1) is 23.2. The molecule has 2 aromatic carbocycles. The summed E-state index contributed by atoms with van der Waals surface area (Å²) in [6.07, 6.45) is 1.24. The van der Waals surface area contributed by atoms with E-state index in [2.05, 4.69) is 15.1 Å². The maximum atomic E-state index is 13.2. The minimum Gasteiger partial charge on any atom is -0.496 e. The molecule has 0 bridgehead atoms. The van der Waals surface area contributed by atoms with Crippen molar-refractivity contribution in [3.05, 3.63) is 58.9 Å². The number of aryl methyl sites for hydroxylation is 1. The Morgan fingerprint density at radius 3 is 2.51 bits per heavy atom. The average Bonchev–Trinajstić information content (AvgIpc) is 3.21. The number of piperidine rings is 1. The number of aromatic nitrogens is 4. The Morgan fingerprint density at radius 1 is 1.11 bits per heavy atom. The number of nitrogens with two attached hydrogens (primary N) is 1. The summed E-state index contributed by atoms with van der Waals surface area (Å²) in [4.78, 5) is 20.7. The molecule has 2 aromatic heterocycles. The Balaban J connectivity index is 1.57. The number of hydrogen-bond acceptors (Lipinski definition) is 7. The Kier molecular flexibility index (Phi) is 5.91. The molecule has 1 aliphatic heterocycles. The summed E-state index contributed by atoms with van der Waals surface area (Å²) in [6, 6.07) is 14.0. The number of hydrogen-bond donors (Lipinski definition) is 2. The van der Waals surface area contributed by atoms with Crippen molar-refractivity contribution in [3.8, 4) is 28.4 Å². The number of nitrogens with one attached hydrogen (secondary N) is 1. The van der Waals surface area contributed by atoms with Crippen molar-refractivity contribution in [2.45, 2.75) is 23.8 Å². The predicted molar refractivity (Wildman–Crippen MR) is 133 cm³/mol. The van der Waals surface area contributed by atoms with E-state index in [0.717, 1.165) is 5.56 Å². The van der Waals surface area contributed by atoms with Gasteiger partial charge in [0.25, 0.3) is 5.56 Å². The van der Waals surface area contributed by atoms with Crippen LogP contribution in [-0.4, -0.2) is 58.7 Å². The molecule has 0 saturated carbocycles. The van der Waals surface area contributed by atoms with E-state index in [1.165, 1.54) is 23.5 Å². The van der Waals surface area contributed by atoms with Crippen LogP contribution in [0.5, 0.6) is 5.75 Å². The van der Waals surface area contributed by atoms with E-state index in [1.54, 1.807) is 17.8 Å². The maximum absolute atomic E-state index is 13.2. The lowest BCUT2D eigenvalue weighted by Gasteiger charge is -2.29. The predicted octanol–water partition coefficient (Wildman–Crippen LogP) is 2.11. The third-order valence-electron chi connectivity index (χ3n) is 6.31. The van der Waals surface area contributed by atoms with Crippen LogP contribution in [0, 0.1) is 0 Å².